The normalized spacial score (nSPS) is 9.88. The Labute approximate surface area is 155 Å². The lowest BCUT2D eigenvalue weighted by Crippen LogP contribution is -2.34. The van der Waals surface area contributed by atoms with Crippen molar-refractivity contribution >= 4 is 52.1 Å². The third kappa shape index (κ3) is 5.44. The summed E-state index contributed by atoms with van der Waals surface area (Å²) < 4.78 is 5.15. The number of anilines is 2. The molecule has 2 aromatic rings. The molecule has 8 heteroatoms. The Morgan fingerprint density at radius 1 is 1.04 bits per heavy atom. The zero-order valence-corrected chi connectivity index (χ0v) is 15.1. The second-order valence-electron chi connectivity index (χ2n) is 5.01. The van der Waals surface area contributed by atoms with E-state index in [1.807, 2.05) is 0 Å². The molecule has 3 N–H and O–H groups in total. The van der Waals surface area contributed by atoms with Gasteiger partial charge >= 0.3 is 0 Å². The van der Waals surface area contributed by atoms with Crippen LogP contribution in [0.2, 0.25) is 5.02 Å². The highest BCUT2D eigenvalue weighted by Crippen LogP contribution is 2.22. The summed E-state index contributed by atoms with van der Waals surface area (Å²) in [5.41, 5.74) is 1.61. The van der Waals surface area contributed by atoms with Crippen molar-refractivity contribution in [3.63, 3.8) is 0 Å². The van der Waals surface area contributed by atoms with Crippen molar-refractivity contribution in [1.82, 2.24) is 5.32 Å². The van der Waals surface area contributed by atoms with Gasteiger partial charge in [0, 0.05) is 23.3 Å². The van der Waals surface area contributed by atoms with E-state index in [4.69, 9.17) is 28.6 Å². The van der Waals surface area contributed by atoms with Crippen molar-refractivity contribution in [2.45, 2.75) is 6.92 Å². The maximum absolute atomic E-state index is 12.3. The number of methoxy groups -OCH3 is 1. The van der Waals surface area contributed by atoms with Crippen LogP contribution in [0, 0.1) is 0 Å². The summed E-state index contributed by atoms with van der Waals surface area (Å²) in [7, 11) is 1.47. The van der Waals surface area contributed by atoms with Crippen LogP contribution in [0.15, 0.2) is 42.5 Å². The van der Waals surface area contributed by atoms with Gasteiger partial charge in [-0.2, -0.15) is 0 Å². The lowest BCUT2D eigenvalue weighted by atomic mass is 10.2. The first kappa shape index (κ1) is 18.7. The van der Waals surface area contributed by atoms with Crippen LogP contribution in [-0.2, 0) is 4.79 Å². The van der Waals surface area contributed by atoms with Crippen LogP contribution in [0.25, 0.3) is 0 Å². The Morgan fingerprint density at radius 3 is 2.20 bits per heavy atom. The molecule has 25 heavy (non-hydrogen) atoms. The first-order valence-corrected chi connectivity index (χ1v) is 8.01. The fraction of sp³-hybridized carbons (Fsp3) is 0.118. The average molecular weight is 378 g/mol. The topological polar surface area (TPSA) is 79.5 Å². The summed E-state index contributed by atoms with van der Waals surface area (Å²) in [5, 5.41) is 8.66. The predicted octanol–water partition coefficient (Wildman–Crippen LogP) is 3.43. The number of thiocarbonyl (C=S) groups is 1. The zero-order chi connectivity index (χ0) is 18.4. The molecule has 0 fully saturated rings. The van der Waals surface area contributed by atoms with E-state index in [0.717, 1.165) is 0 Å². The quantitative estimate of drug-likeness (QED) is 0.711. The molecule has 0 saturated carbocycles. The lowest BCUT2D eigenvalue weighted by Gasteiger charge is -2.12. The zero-order valence-electron chi connectivity index (χ0n) is 13.6. The van der Waals surface area contributed by atoms with Crippen molar-refractivity contribution in [3.8, 4) is 5.75 Å². The highest BCUT2D eigenvalue weighted by molar-refractivity contribution is 7.80. The Kier molecular flexibility index (Phi) is 6.32. The Morgan fingerprint density at radius 2 is 1.64 bits per heavy atom. The van der Waals surface area contributed by atoms with Crippen molar-refractivity contribution < 1.29 is 14.3 Å². The lowest BCUT2D eigenvalue weighted by molar-refractivity contribution is -0.114. The monoisotopic (exact) mass is 377 g/mol. The summed E-state index contributed by atoms with van der Waals surface area (Å²) in [6.07, 6.45) is 0. The van der Waals surface area contributed by atoms with Crippen LogP contribution in [0.1, 0.15) is 17.3 Å². The second kappa shape index (κ2) is 8.46. The average Bonchev–Trinajstić information content (AvgIpc) is 2.56. The van der Waals surface area contributed by atoms with Crippen LogP contribution < -0.4 is 20.7 Å². The van der Waals surface area contributed by atoms with E-state index in [9.17, 15) is 9.59 Å². The van der Waals surface area contributed by atoms with Gasteiger partial charge in [-0.3, -0.25) is 14.9 Å². The molecule has 0 aliphatic rings. The number of nitrogens with one attached hydrogen (secondary N) is 3. The Balaban J connectivity index is 2.01. The van der Waals surface area contributed by atoms with Crippen LogP contribution in [0.4, 0.5) is 11.4 Å². The van der Waals surface area contributed by atoms with Crippen molar-refractivity contribution in [2.24, 2.45) is 0 Å². The van der Waals surface area contributed by atoms with E-state index < -0.39 is 5.91 Å². The first-order valence-electron chi connectivity index (χ1n) is 7.22. The maximum Gasteiger partial charge on any atom is 0.261 e. The molecule has 0 aromatic heterocycles. The fourth-order valence-corrected chi connectivity index (χ4v) is 2.41. The summed E-state index contributed by atoms with van der Waals surface area (Å²) in [5.74, 6) is -0.199. The van der Waals surface area contributed by atoms with Gasteiger partial charge in [-0.25, -0.2) is 0 Å². The van der Waals surface area contributed by atoms with Gasteiger partial charge in [0.25, 0.3) is 5.91 Å². The number of ether oxygens (including phenoxy) is 1. The molecule has 2 amide bonds. The van der Waals surface area contributed by atoms with Crippen molar-refractivity contribution in [1.29, 1.82) is 0 Å². The van der Waals surface area contributed by atoms with Crippen LogP contribution >= 0.6 is 23.8 Å². The fourth-order valence-electron chi connectivity index (χ4n) is 2.03. The molecule has 0 heterocycles. The highest BCUT2D eigenvalue weighted by Gasteiger charge is 2.14. The van der Waals surface area contributed by atoms with Gasteiger partial charge in [0.05, 0.1) is 12.7 Å². The molecule has 0 aliphatic heterocycles. The van der Waals surface area contributed by atoms with E-state index in [2.05, 4.69) is 16.0 Å². The third-order valence-corrected chi connectivity index (χ3v) is 3.54. The molecule has 0 saturated heterocycles. The number of amides is 2. The summed E-state index contributed by atoms with van der Waals surface area (Å²) in [6, 6.07) is 11.6. The van der Waals surface area contributed by atoms with Gasteiger partial charge in [0.15, 0.2) is 5.11 Å². The molecular weight excluding hydrogens is 362 g/mol. The minimum Gasteiger partial charge on any atom is -0.496 e. The number of halogens is 1. The number of hydrogen-bond acceptors (Lipinski definition) is 4. The van der Waals surface area contributed by atoms with Crippen molar-refractivity contribution in [2.75, 3.05) is 17.7 Å². The van der Waals surface area contributed by atoms with E-state index in [1.54, 1.807) is 36.4 Å². The molecule has 0 bridgehead atoms. The molecule has 6 nitrogen and oxygen atoms in total. The van der Waals surface area contributed by atoms with Gasteiger partial charge in [-0.1, -0.05) is 11.6 Å². The van der Waals surface area contributed by atoms with Crippen LogP contribution in [0.3, 0.4) is 0 Å². The summed E-state index contributed by atoms with van der Waals surface area (Å²) in [4.78, 5) is 23.3. The molecular formula is C17H16ClN3O3S. The van der Waals surface area contributed by atoms with Crippen LogP contribution in [-0.4, -0.2) is 24.0 Å². The van der Waals surface area contributed by atoms with Crippen LogP contribution in [0.5, 0.6) is 5.75 Å². The molecule has 130 valence electrons. The molecule has 2 aromatic carbocycles. The number of carbonyl (C=O) groups excluding carboxylic acids is 2. The largest absolute Gasteiger partial charge is 0.496 e. The van der Waals surface area contributed by atoms with Crippen molar-refractivity contribution in [3.05, 3.63) is 53.1 Å². The van der Waals surface area contributed by atoms with E-state index in [1.165, 1.54) is 20.1 Å². The SMILES string of the molecule is COc1ccc(Cl)cc1C(=O)NC(=S)Nc1ccc(NC(C)=O)cc1. The molecule has 0 unspecified atom stereocenters. The second-order valence-corrected chi connectivity index (χ2v) is 5.86. The van der Waals surface area contributed by atoms with Gasteiger partial charge in [0.2, 0.25) is 5.91 Å². The molecule has 0 aliphatic carbocycles. The summed E-state index contributed by atoms with van der Waals surface area (Å²) in [6.45, 7) is 1.43. The maximum atomic E-state index is 12.3. The number of benzene rings is 2. The first-order chi connectivity index (χ1) is 11.9. The highest BCUT2D eigenvalue weighted by atomic mass is 35.5. The van der Waals surface area contributed by atoms with Gasteiger partial charge in [-0.05, 0) is 54.7 Å². The van der Waals surface area contributed by atoms with Gasteiger partial charge < -0.3 is 15.4 Å². The predicted molar refractivity (Wildman–Crippen MR) is 102 cm³/mol. The standard InChI is InChI=1S/C17H16ClN3O3S/c1-10(22)19-12-4-6-13(7-5-12)20-17(25)21-16(23)14-9-11(18)3-8-15(14)24-2/h3-9H,1-2H3,(H,19,22)(H2,20,21,23,25). The molecule has 2 rings (SSSR count). The smallest absolute Gasteiger partial charge is 0.261 e. The van der Waals surface area contributed by atoms with E-state index in [-0.39, 0.29) is 16.6 Å². The van der Waals surface area contributed by atoms with E-state index in [0.29, 0.717) is 22.1 Å². The Bertz CT molecular complexity index is 809. The minimum atomic E-state index is -0.438. The minimum absolute atomic E-state index is 0.124. The Hall–Kier alpha value is -2.64. The molecule has 0 spiro atoms. The molecule has 0 radical (unpaired) electrons. The number of rotatable bonds is 4. The third-order valence-electron chi connectivity index (χ3n) is 3.10. The number of carbonyl (C=O) groups is 2. The van der Waals surface area contributed by atoms with Gasteiger partial charge in [0.1, 0.15) is 5.75 Å². The van der Waals surface area contributed by atoms with E-state index >= 15 is 0 Å². The summed E-state index contributed by atoms with van der Waals surface area (Å²) >= 11 is 11.1. The number of hydrogen-bond donors (Lipinski definition) is 3. The van der Waals surface area contributed by atoms with Gasteiger partial charge in [-0.15, -0.1) is 0 Å². The molecule has 0 atom stereocenters.